The highest BCUT2D eigenvalue weighted by atomic mass is 35.5. The normalized spacial score (nSPS) is 12.9. The van der Waals surface area contributed by atoms with Crippen LogP contribution in [-0.2, 0) is 9.53 Å². The number of esters is 1. The maximum atomic E-state index is 14.0. The number of alkyl halides is 2. The van der Waals surface area contributed by atoms with Gasteiger partial charge in [-0.1, -0.05) is 18.5 Å². The predicted molar refractivity (Wildman–Crippen MR) is 101 cm³/mol. The van der Waals surface area contributed by atoms with Crippen LogP contribution in [0.1, 0.15) is 42.6 Å². The number of hydrogen-bond donors (Lipinski definition) is 1. The number of nitro benzene ring substituents is 1. The fourth-order valence-electron chi connectivity index (χ4n) is 2.35. The first kappa shape index (κ1) is 23.9. The molecule has 1 atom stereocenters. The Kier molecular flexibility index (Phi) is 7.11. The average Bonchev–Trinajstić information content (AvgIpc) is 2.70. The fourth-order valence-corrected chi connectivity index (χ4v) is 2.56. The molecule has 0 aliphatic rings. The second-order valence-corrected chi connectivity index (χ2v) is 6.78. The van der Waals surface area contributed by atoms with Crippen LogP contribution in [0, 0.1) is 15.9 Å². The highest BCUT2D eigenvalue weighted by molar-refractivity contribution is 6.32. The lowest BCUT2D eigenvalue weighted by molar-refractivity contribution is -0.385. The van der Waals surface area contributed by atoms with E-state index in [9.17, 15) is 38.0 Å². The molecular weight excluding hydrogens is 447 g/mol. The van der Waals surface area contributed by atoms with Crippen molar-refractivity contribution in [2.24, 2.45) is 0 Å². The van der Waals surface area contributed by atoms with Gasteiger partial charge in [0.1, 0.15) is 22.1 Å². The molecule has 1 N–H and O–H groups in total. The van der Waals surface area contributed by atoms with E-state index in [2.05, 4.69) is 0 Å². The Bertz CT molecular complexity index is 1050. The number of carbonyl (C=O) groups excluding carboxylic acids is 1. The number of nitrogens with zero attached hydrogens (tertiary/aromatic N) is 1. The van der Waals surface area contributed by atoms with Crippen LogP contribution in [0.15, 0.2) is 30.3 Å². The van der Waals surface area contributed by atoms with Crippen molar-refractivity contribution in [2.75, 3.05) is 0 Å². The topological polar surface area (TPSA) is 116 Å². The summed E-state index contributed by atoms with van der Waals surface area (Å²) < 4.78 is 49.7. The summed E-state index contributed by atoms with van der Waals surface area (Å²) in [6.07, 6.45) is -3.24. The SMILES string of the molecule is CCC(C)(OC(=O)c1cc(Oc2ccc(C(F)F)c(F)c2Cl)ccc1[N+](=O)[O-])C(=O)O. The molecule has 8 nitrogen and oxygen atoms in total. The molecule has 1 unspecified atom stereocenters. The maximum Gasteiger partial charge on any atom is 0.347 e. The van der Waals surface area contributed by atoms with E-state index in [1.165, 1.54) is 6.92 Å². The van der Waals surface area contributed by atoms with Crippen LogP contribution in [0.25, 0.3) is 0 Å². The van der Waals surface area contributed by atoms with E-state index in [1.54, 1.807) is 0 Å². The average molecular weight is 462 g/mol. The molecule has 2 aromatic rings. The number of halogens is 4. The van der Waals surface area contributed by atoms with E-state index in [-0.39, 0.29) is 17.9 Å². The molecule has 0 aromatic heterocycles. The third kappa shape index (κ3) is 5.05. The molecule has 0 aliphatic carbocycles. The maximum absolute atomic E-state index is 14.0. The van der Waals surface area contributed by atoms with E-state index >= 15 is 0 Å². The van der Waals surface area contributed by atoms with Gasteiger partial charge < -0.3 is 14.6 Å². The van der Waals surface area contributed by atoms with Gasteiger partial charge in [-0.3, -0.25) is 10.1 Å². The summed E-state index contributed by atoms with van der Waals surface area (Å²) in [6, 6.07) is 4.52. The Hall–Kier alpha value is -3.34. The smallest absolute Gasteiger partial charge is 0.347 e. The van der Waals surface area contributed by atoms with E-state index in [0.717, 1.165) is 37.3 Å². The third-order valence-electron chi connectivity index (χ3n) is 4.37. The van der Waals surface area contributed by atoms with Crippen LogP contribution in [0.2, 0.25) is 5.02 Å². The Morgan fingerprint density at radius 1 is 1.29 bits per heavy atom. The lowest BCUT2D eigenvalue weighted by atomic mass is 10.0. The van der Waals surface area contributed by atoms with Gasteiger partial charge in [0.05, 0.1) is 10.5 Å². The molecule has 2 aromatic carbocycles. The first-order valence-corrected chi connectivity index (χ1v) is 8.98. The largest absolute Gasteiger partial charge is 0.478 e. The van der Waals surface area contributed by atoms with Crippen molar-refractivity contribution in [3.8, 4) is 11.5 Å². The Labute approximate surface area is 178 Å². The summed E-state index contributed by atoms with van der Waals surface area (Å²) in [5.74, 6) is -4.80. The van der Waals surface area contributed by atoms with Gasteiger partial charge in [0.25, 0.3) is 12.1 Å². The van der Waals surface area contributed by atoms with Gasteiger partial charge in [0.15, 0.2) is 5.82 Å². The molecule has 2 rings (SSSR count). The lowest BCUT2D eigenvalue weighted by Gasteiger charge is -2.23. The standard InChI is InChI=1S/C19H15ClF3NO7/c1-3-19(2,18(26)27)31-17(25)11-8-9(4-6-12(11)24(28)29)30-13-7-5-10(16(22)23)15(21)14(13)20/h4-8,16H,3H2,1-2H3,(H,26,27). The van der Waals surface area contributed by atoms with Gasteiger partial charge in [-0.2, -0.15) is 0 Å². The molecule has 12 heteroatoms. The van der Waals surface area contributed by atoms with E-state index in [1.807, 2.05) is 0 Å². The second kappa shape index (κ2) is 9.21. The van der Waals surface area contributed by atoms with Gasteiger partial charge in [-0.15, -0.1) is 0 Å². The number of hydrogen-bond acceptors (Lipinski definition) is 6. The first-order chi connectivity index (χ1) is 14.4. The third-order valence-corrected chi connectivity index (χ3v) is 4.72. The molecule has 31 heavy (non-hydrogen) atoms. The Morgan fingerprint density at radius 2 is 1.94 bits per heavy atom. The minimum Gasteiger partial charge on any atom is -0.478 e. The molecule has 0 aliphatic heterocycles. The zero-order valence-electron chi connectivity index (χ0n) is 16.0. The number of carboxylic acid groups (broad SMARTS) is 1. The van der Waals surface area contributed by atoms with Crippen LogP contribution >= 0.6 is 11.6 Å². The molecule has 0 saturated carbocycles. The van der Waals surface area contributed by atoms with Gasteiger partial charge in [-0.25, -0.2) is 22.8 Å². The van der Waals surface area contributed by atoms with Crippen LogP contribution in [0.5, 0.6) is 11.5 Å². The number of aliphatic carboxylic acids is 1. The molecule has 0 radical (unpaired) electrons. The first-order valence-electron chi connectivity index (χ1n) is 8.60. The van der Waals surface area contributed by atoms with E-state index < -0.39 is 56.5 Å². The van der Waals surface area contributed by atoms with E-state index in [4.69, 9.17) is 21.1 Å². The monoisotopic (exact) mass is 461 g/mol. The second-order valence-electron chi connectivity index (χ2n) is 6.40. The Balaban J connectivity index is 2.45. The van der Waals surface area contributed by atoms with Crippen LogP contribution in [0.4, 0.5) is 18.9 Å². The summed E-state index contributed by atoms with van der Waals surface area (Å²) in [6.45, 7) is 2.56. The number of ether oxygens (including phenoxy) is 2. The minimum atomic E-state index is -3.12. The molecule has 0 amide bonds. The molecule has 166 valence electrons. The number of nitro groups is 1. The van der Waals surface area contributed by atoms with Crippen LogP contribution < -0.4 is 4.74 Å². The summed E-state index contributed by atoms with van der Waals surface area (Å²) >= 11 is 5.72. The van der Waals surface area contributed by atoms with E-state index in [0.29, 0.717) is 0 Å². The van der Waals surface area contributed by atoms with Crippen molar-refractivity contribution in [1.82, 2.24) is 0 Å². The lowest BCUT2D eigenvalue weighted by Crippen LogP contribution is -2.39. The van der Waals surface area contributed by atoms with Gasteiger partial charge in [-0.05, 0) is 31.5 Å². The van der Waals surface area contributed by atoms with Crippen molar-refractivity contribution in [1.29, 1.82) is 0 Å². The van der Waals surface area contributed by atoms with Gasteiger partial charge >= 0.3 is 11.9 Å². The molecule has 0 fully saturated rings. The molecule has 0 spiro atoms. The number of rotatable bonds is 8. The molecule has 0 saturated heterocycles. The van der Waals surface area contributed by atoms with Crippen molar-refractivity contribution in [3.63, 3.8) is 0 Å². The molecule has 0 heterocycles. The molecular formula is C19H15ClF3NO7. The van der Waals surface area contributed by atoms with Crippen molar-refractivity contribution < 1.29 is 42.3 Å². The van der Waals surface area contributed by atoms with Crippen LogP contribution in [0.3, 0.4) is 0 Å². The van der Waals surface area contributed by atoms with Gasteiger partial charge in [0.2, 0.25) is 5.60 Å². The highest BCUT2D eigenvalue weighted by Gasteiger charge is 2.37. The van der Waals surface area contributed by atoms with Crippen molar-refractivity contribution in [2.45, 2.75) is 32.3 Å². The summed E-state index contributed by atoms with van der Waals surface area (Å²) in [4.78, 5) is 34.2. The molecule has 0 bridgehead atoms. The Morgan fingerprint density at radius 3 is 2.45 bits per heavy atom. The summed E-state index contributed by atoms with van der Waals surface area (Å²) in [7, 11) is 0. The van der Waals surface area contributed by atoms with Crippen molar-refractivity contribution >= 4 is 29.2 Å². The quantitative estimate of drug-likeness (QED) is 0.312. The number of carboxylic acids is 1. The predicted octanol–water partition coefficient (Wildman–Crippen LogP) is 5.53. The minimum absolute atomic E-state index is 0.122. The van der Waals surface area contributed by atoms with Crippen LogP contribution in [-0.4, -0.2) is 27.6 Å². The summed E-state index contributed by atoms with van der Waals surface area (Å²) in [5.41, 5.74) is -4.23. The number of carbonyl (C=O) groups is 2. The summed E-state index contributed by atoms with van der Waals surface area (Å²) in [5, 5.41) is 19.7. The zero-order chi connectivity index (χ0) is 23.5. The number of benzene rings is 2. The van der Waals surface area contributed by atoms with Gasteiger partial charge in [0, 0.05) is 12.1 Å². The fraction of sp³-hybridized carbons (Fsp3) is 0.263. The van der Waals surface area contributed by atoms with Crippen molar-refractivity contribution in [3.05, 3.63) is 62.4 Å². The zero-order valence-corrected chi connectivity index (χ0v) is 16.8. The highest BCUT2D eigenvalue weighted by Crippen LogP contribution is 2.37.